The molecular formula is C18H27ClN4O2. The summed E-state index contributed by atoms with van der Waals surface area (Å²) in [6, 6.07) is 7.24. The summed E-state index contributed by atoms with van der Waals surface area (Å²) in [5, 5.41) is 10.2. The lowest BCUT2D eigenvalue weighted by Gasteiger charge is -2.20. The van der Waals surface area contributed by atoms with Crippen molar-refractivity contribution in [2.75, 3.05) is 7.05 Å². The van der Waals surface area contributed by atoms with Crippen LogP contribution in [0.2, 0.25) is 0 Å². The SMILES string of the molecule is CNC(C(=O)NC(C)c1cccc(OC(C)C)c1)c1cnn(C)c1.Cl. The van der Waals surface area contributed by atoms with Crippen LogP contribution in [0.1, 0.15) is 44.0 Å². The Morgan fingerprint density at radius 1 is 1.24 bits per heavy atom. The maximum Gasteiger partial charge on any atom is 0.242 e. The summed E-state index contributed by atoms with van der Waals surface area (Å²) in [5.41, 5.74) is 1.84. The molecular weight excluding hydrogens is 340 g/mol. The molecule has 0 saturated carbocycles. The molecule has 138 valence electrons. The summed E-state index contributed by atoms with van der Waals surface area (Å²) < 4.78 is 7.40. The Bertz CT molecular complexity index is 687. The number of hydrogen-bond acceptors (Lipinski definition) is 4. The molecule has 1 aromatic carbocycles. The molecule has 0 aliphatic heterocycles. The van der Waals surface area contributed by atoms with E-state index >= 15 is 0 Å². The van der Waals surface area contributed by atoms with E-state index in [2.05, 4.69) is 15.7 Å². The predicted octanol–water partition coefficient (Wildman–Crippen LogP) is 2.77. The molecule has 1 aromatic heterocycles. The minimum absolute atomic E-state index is 0. The van der Waals surface area contributed by atoms with E-state index in [9.17, 15) is 4.79 Å². The molecule has 2 aromatic rings. The van der Waals surface area contributed by atoms with Crippen LogP contribution in [0.5, 0.6) is 5.75 Å². The van der Waals surface area contributed by atoms with E-state index < -0.39 is 6.04 Å². The summed E-state index contributed by atoms with van der Waals surface area (Å²) in [7, 11) is 3.59. The Balaban J connectivity index is 0.00000312. The summed E-state index contributed by atoms with van der Waals surface area (Å²) in [6.45, 7) is 5.94. The highest BCUT2D eigenvalue weighted by Crippen LogP contribution is 2.21. The predicted molar refractivity (Wildman–Crippen MR) is 101 cm³/mol. The summed E-state index contributed by atoms with van der Waals surface area (Å²) >= 11 is 0. The van der Waals surface area contributed by atoms with Gasteiger partial charge in [-0.3, -0.25) is 9.48 Å². The topological polar surface area (TPSA) is 68.2 Å². The smallest absolute Gasteiger partial charge is 0.242 e. The Labute approximate surface area is 155 Å². The van der Waals surface area contributed by atoms with Crippen molar-refractivity contribution in [2.24, 2.45) is 7.05 Å². The highest BCUT2D eigenvalue weighted by Gasteiger charge is 2.22. The Morgan fingerprint density at radius 2 is 1.96 bits per heavy atom. The molecule has 0 bridgehead atoms. The molecule has 0 aliphatic carbocycles. The van der Waals surface area contributed by atoms with Gasteiger partial charge in [0.1, 0.15) is 11.8 Å². The largest absolute Gasteiger partial charge is 0.491 e. The molecule has 2 atom stereocenters. The standard InChI is InChI=1S/C18H26N4O2.ClH/c1-12(2)24-16-8-6-7-14(9-16)13(3)21-18(23)17(19-4)15-10-20-22(5)11-15;/h6-13,17,19H,1-5H3,(H,21,23);1H. The van der Waals surface area contributed by atoms with Gasteiger partial charge in [-0.2, -0.15) is 5.10 Å². The van der Waals surface area contributed by atoms with Gasteiger partial charge < -0.3 is 15.4 Å². The first-order chi connectivity index (χ1) is 11.4. The molecule has 2 unspecified atom stereocenters. The Kier molecular flexibility index (Phi) is 7.93. The number of carbonyl (C=O) groups excluding carboxylic acids is 1. The first kappa shape index (κ1) is 21.0. The highest BCUT2D eigenvalue weighted by atomic mass is 35.5. The lowest BCUT2D eigenvalue weighted by Crippen LogP contribution is -2.37. The van der Waals surface area contributed by atoms with Crippen LogP contribution in [-0.4, -0.2) is 28.8 Å². The van der Waals surface area contributed by atoms with E-state index in [-0.39, 0.29) is 30.5 Å². The van der Waals surface area contributed by atoms with E-state index in [0.717, 1.165) is 16.9 Å². The summed E-state index contributed by atoms with van der Waals surface area (Å²) in [5.74, 6) is 0.717. The Morgan fingerprint density at radius 3 is 2.52 bits per heavy atom. The fourth-order valence-corrected chi connectivity index (χ4v) is 2.55. The van der Waals surface area contributed by atoms with Crippen LogP contribution < -0.4 is 15.4 Å². The number of nitrogens with zero attached hydrogens (tertiary/aromatic N) is 2. The van der Waals surface area contributed by atoms with Crippen LogP contribution in [0.25, 0.3) is 0 Å². The van der Waals surface area contributed by atoms with Gasteiger partial charge in [0.2, 0.25) is 5.91 Å². The van der Waals surface area contributed by atoms with Gasteiger partial charge in [0, 0.05) is 18.8 Å². The van der Waals surface area contributed by atoms with Gasteiger partial charge in [-0.15, -0.1) is 12.4 Å². The minimum atomic E-state index is -0.434. The number of carbonyl (C=O) groups is 1. The average Bonchev–Trinajstić information content (AvgIpc) is 2.93. The van der Waals surface area contributed by atoms with E-state index in [1.165, 1.54) is 0 Å². The third-order valence-corrected chi connectivity index (χ3v) is 3.70. The molecule has 2 N–H and O–H groups in total. The molecule has 0 radical (unpaired) electrons. The number of hydrogen-bond donors (Lipinski definition) is 2. The van der Waals surface area contributed by atoms with Gasteiger partial charge in [0.05, 0.1) is 18.3 Å². The van der Waals surface area contributed by atoms with Gasteiger partial charge in [-0.1, -0.05) is 12.1 Å². The Hall–Kier alpha value is -2.05. The average molecular weight is 367 g/mol. The monoisotopic (exact) mass is 366 g/mol. The molecule has 25 heavy (non-hydrogen) atoms. The zero-order valence-corrected chi connectivity index (χ0v) is 16.1. The van der Waals surface area contributed by atoms with E-state index in [1.54, 1.807) is 17.9 Å². The van der Waals surface area contributed by atoms with E-state index in [4.69, 9.17) is 4.74 Å². The van der Waals surface area contributed by atoms with Crippen LogP contribution in [0.15, 0.2) is 36.7 Å². The summed E-state index contributed by atoms with van der Waals surface area (Å²) in [6.07, 6.45) is 3.65. The lowest BCUT2D eigenvalue weighted by molar-refractivity contribution is -0.123. The third kappa shape index (κ3) is 5.76. The zero-order valence-electron chi connectivity index (χ0n) is 15.3. The molecule has 1 amide bonds. The molecule has 1 heterocycles. The van der Waals surface area contributed by atoms with Crippen LogP contribution in [0.3, 0.4) is 0 Å². The first-order valence-electron chi connectivity index (χ1n) is 8.13. The van der Waals surface area contributed by atoms with Crippen molar-refractivity contribution in [3.8, 4) is 5.75 Å². The lowest BCUT2D eigenvalue weighted by atomic mass is 10.1. The van der Waals surface area contributed by atoms with Gasteiger partial charge in [0.15, 0.2) is 0 Å². The van der Waals surface area contributed by atoms with Crippen LogP contribution in [0, 0.1) is 0 Å². The van der Waals surface area contributed by atoms with Crippen molar-refractivity contribution >= 4 is 18.3 Å². The molecule has 2 rings (SSSR count). The zero-order chi connectivity index (χ0) is 17.7. The molecule has 0 spiro atoms. The number of likely N-dealkylation sites (N-methyl/N-ethyl adjacent to an activating group) is 1. The number of ether oxygens (including phenoxy) is 1. The number of aromatic nitrogens is 2. The number of rotatable bonds is 7. The van der Waals surface area contributed by atoms with Crippen molar-refractivity contribution in [2.45, 2.75) is 39.0 Å². The maximum atomic E-state index is 12.6. The molecule has 0 saturated heterocycles. The van der Waals surface area contributed by atoms with E-state index in [0.29, 0.717) is 0 Å². The number of amides is 1. The van der Waals surface area contributed by atoms with Crippen molar-refractivity contribution in [1.82, 2.24) is 20.4 Å². The third-order valence-electron chi connectivity index (χ3n) is 3.70. The second-order valence-corrected chi connectivity index (χ2v) is 6.14. The number of aryl methyl sites for hydroxylation is 1. The molecule has 0 fully saturated rings. The van der Waals surface area contributed by atoms with Gasteiger partial charge >= 0.3 is 0 Å². The molecule has 0 aliphatic rings. The maximum absolute atomic E-state index is 12.6. The van der Waals surface area contributed by atoms with Gasteiger partial charge in [0.25, 0.3) is 0 Å². The van der Waals surface area contributed by atoms with Crippen molar-refractivity contribution in [1.29, 1.82) is 0 Å². The van der Waals surface area contributed by atoms with Crippen molar-refractivity contribution in [3.63, 3.8) is 0 Å². The molecule has 7 heteroatoms. The number of nitrogens with one attached hydrogen (secondary N) is 2. The van der Waals surface area contributed by atoms with Gasteiger partial charge in [-0.25, -0.2) is 0 Å². The molecule has 6 nitrogen and oxygen atoms in total. The van der Waals surface area contributed by atoms with E-state index in [1.807, 2.05) is 58.3 Å². The fraction of sp³-hybridized carbons (Fsp3) is 0.444. The second kappa shape index (κ2) is 9.44. The summed E-state index contributed by atoms with van der Waals surface area (Å²) in [4.78, 5) is 12.6. The fourth-order valence-electron chi connectivity index (χ4n) is 2.55. The van der Waals surface area contributed by atoms with Crippen LogP contribution in [-0.2, 0) is 11.8 Å². The highest BCUT2D eigenvalue weighted by molar-refractivity contribution is 5.85. The van der Waals surface area contributed by atoms with Crippen LogP contribution >= 0.6 is 12.4 Å². The quantitative estimate of drug-likeness (QED) is 0.790. The normalized spacial score (nSPS) is 13.0. The minimum Gasteiger partial charge on any atom is -0.491 e. The second-order valence-electron chi connectivity index (χ2n) is 6.14. The van der Waals surface area contributed by atoms with Crippen molar-refractivity contribution in [3.05, 3.63) is 47.8 Å². The number of benzene rings is 1. The van der Waals surface area contributed by atoms with Gasteiger partial charge in [-0.05, 0) is 45.5 Å². The van der Waals surface area contributed by atoms with Crippen LogP contribution in [0.4, 0.5) is 0 Å². The first-order valence-corrected chi connectivity index (χ1v) is 8.13. The number of halogens is 1. The van der Waals surface area contributed by atoms with Crippen molar-refractivity contribution < 1.29 is 9.53 Å².